The molecule has 0 spiro atoms. The van der Waals surface area contributed by atoms with Gasteiger partial charge in [-0.25, -0.2) is 0 Å². The van der Waals surface area contributed by atoms with Crippen molar-refractivity contribution in [1.29, 1.82) is 0 Å². The molecule has 0 aromatic heterocycles. The largest absolute Gasteiger partial charge is 0.382 e. The Balaban J connectivity index is 2.84. The van der Waals surface area contributed by atoms with E-state index in [0.29, 0.717) is 26.2 Å². The molecule has 0 heterocycles. The molecule has 1 radical (unpaired) electrons. The van der Waals surface area contributed by atoms with Gasteiger partial charge in [0.1, 0.15) is 5.78 Å². The highest BCUT2D eigenvalue weighted by Crippen LogP contribution is 1.83. The third-order valence-corrected chi connectivity index (χ3v) is 0.957. The van der Waals surface area contributed by atoms with Crippen LogP contribution in [0.25, 0.3) is 0 Å². The molecule has 3 nitrogen and oxygen atoms in total. The minimum Gasteiger partial charge on any atom is -0.382 e. The summed E-state index contributed by atoms with van der Waals surface area (Å²) in [6.07, 6.45) is 0.393. The van der Waals surface area contributed by atoms with Gasteiger partial charge in [0.05, 0.1) is 19.8 Å². The summed E-state index contributed by atoms with van der Waals surface area (Å²) in [6.45, 7) is 4.78. The Morgan fingerprint density at radius 3 is 2.60 bits per heavy atom. The Bertz CT molecular complexity index is 90.9. The number of methoxy groups -OCH3 is 1. The lowest BCUT2D eigenvalue weighted by molar-refractivity contribution is -0.116. The molecule has 0 fully saturated rings. The average Bonchev–Trinajstić information content (AvgIpc) is 1.87. The third kappa shape index (κ3) is 7.59. The van der Waals surface area contributed by atoms with Crippen LogP contribution in [-0.2, 0) is 14.3 Å². The first kappa shape index (κ1) is 9.59. The highest BCUT2D eigenvalue weighted by Gasteiger charge is 1.92. The van der Waals surface area contributed by atoms with E-state index in [0.717, 1.165) is 0 Å². The maximum Gasteiger partial charge on any atom is 0.135 e. The van der Waals surface area contributed by atoms with E-state index in [1.807, 2.05) is 0 Å². The molecule has 0 saturated carbocycles. The van der Waals surface area contributed by atoms with Crippen molar-refractivity contribution >= 4 is 5.78 Å². The molecule has 0 rings (SSSR count). The van der Waals surface area contributed by atoms with E-state index in [1.165, 1.54) is 0 Å². The summed E-state index contributed by atoms with van der Waals surface area (Å²) in [7, 11) is 1.61. The van der Waals surface area contributed by atoms with Crippen LogP contribution in [0.5, 0.6) is 0 Å². The van der Waals surface area contributed by atoms with Crippen LogP contribution in [0.15, 0.2) is 0 Å². The van der Waals surface area contributed by atoms with Crippen LogP contribution in [0.4, 0.5) is 0 Å². The minimum atomic E-state index is -0.0857. The molecule has 0 saturated heterocycles. The van der Waals surface area contributed by atoms with Crippen LogP contribution in [0.2, 0.25) is 0 Å². The number of hydrogen-bond donors (Lipinski definition) is 0. The van der Waals surface area contributed by atoms with Crippen molar-refractivity contribution in [3.05, 3.63) is 6.92 Å². The Morgan fingerprint density at radius 2 is 2.10 bits per heavy atom. The van der Waals surface area contributed by atoms with Crippen LogP contribution < -0.4 is 0 Å². The van der Waals surface area contributed by atoms with Crippen molar-refractivity contribution in [2.75, 3.05) is 26.9 Å². The lowest BCUT2D eigenvalue weighted by atomic mass is 10.3. The molecule has 0 atom stereocenters. The second-order valence-electron chi connectivity index (χ2n) is 1.89. The summed E-state index contributed by atoms with van der Waals surface area (Å²) in [5.41, 5.74) is 0. The Morgan fingerprint density at radius 1 is 1.40 bits per heavy atom. The summed E-state index contributed by atoms with van der Waals surface area (Å²) in [4.78, 5) is 10.3. The summed E-state index contributed by atoms with van der Waals surface area (Å²) in [5.74, 6) is -0.0857. The first-order chi connectivity index (χ1) is 4.77. The van der Waals surface area contributed by atoms with Crippen molar-refractivity contribution in [3.63, 3.8) is 0 Å². The van der Waals surface area contributed by atoms with E-state index in [4.69, 9.17) is 9.47 Å². The average molecular weight is 145 g/mol. The third-order valence-electron chi connectivity index (χ3n) is 0.957. The molecular weight excluding hydrogens is 132 g/mol. The quantitative estimate of drug-likeness (QED) is 0.509. The van der Waals surface area contributed by atoms with Crippen LogP contribution in [0.1, 0.15) is 6.42 Å². The molecular formula is C7H13O3. The summed E-state index contributed by atoms with van der Waals surface area (Å²) in [5, 5.41) is 0. The Labute approximate surface area is 61.3 Å². The molecule has 0 aliphatic rings. The fraction of sp³-hybridized carbons (Fsp3) is 0.714. The van der Waals surface area contributed by atoms with Crippen molar-refractivity contribution in [3.8, 4) is 0 Å². The van der Waals surface area contributed by atoms with E-state index in [9.17, 15) is 4.79 Å². The zero-order valence-electron chi connectivity index (χ0n) is 6.26. The van der Waals surface area contributed by atoms with Crippen LogP contribution in [0, 0.1) is 6.92 Å². The van der Waals surface area contributed by atoms with Gasteiger partial charge in [0.15, 0.2) is 0 Å². The van der Waals surface area contributed by atoms with Gasteiger partial charge >= 0.3 is 0 Å². The van der Waals surface area contributed by atoms with Crippen molar-refractivity contribution in [2.45, 2.75) is 6.42 Å². The molecule has 10 heavy (non-hydrogen) atoms. The topological polar surface area (TPSA) is 35.5 Å². The maximum absolute atomic E-state index is 10.3. The molecule has 0 N–H and O–H groups in total. The number of carbonyl (C=O) groups excluding carboxylic acids is 1. The molecule has 0 amide bonds. The molecule has 0 aliphatic heterocycles. The van der Waals surface area contributed by atoms with E-state index in [2.05, 4.69) is 6.92 Å². The monoisotopic (exact) mass is 145 g/mol. The van der Waals surface area contributed by atoms with Crippen LogP contribution in [-0.4, -0.2) is 32.7 Å². The van der Waals surface area contributed by atoms with E-state index in [-0.39, 0.29) is 5.78 Å². The van der Waals surface area contributed by atoms with Gasteiger partial charge in [0.2, 0.25) is 0 Å². The highest BCUT2D eigenvalue weighted by atomic mass is 16.5. The normalized spacial score (nSPS) is 9.80. The standard InChI is InChI=1S/C7H13O3/c1-7(8)3-4-10-6-5-9-2/h1,3-6H2,2H3. The fourth-order valence-corrected chi connectivity index (χ4v) is 0.430. The van der Waals surface area contributed by atoms with Crippen molar-refractivity contribution < 1.29 is 14.3 Å². The van der Waals surface area contributed by atoms with E-state index >= 15 is 0 Å². The number of ether oxygens (including phenoxy) is 2. The summed E-state index contributed by atoms with van der Waals surface area (Å²) < 4.78 is 9.72. The number of carbonyl (C=O) groups is 1. The van der Waals surface area contributed by atoms with Gasteiger partial charge in [0, 0.05) is 20.5 Å². The highest BCUT2D eigenvalue weighted by molar-refractivity contribution is 5.82. The molecule has 0 aromatic carbocycles. The van der Waals surface area contributed by atoms with Gasteiger partial charge in [-0.05, 0) is 0 Å². The molecule has 59 valence electrons. The molecule has 0 aromatic rings. The SMILES string of the molecule is [CH2]C(=O)CCOCCOC. The van der Waals surface area contributed by atoms with Gasteiger partial charge < -0.3 is 9.47 Å². The lowest BCUT2D eigenvalue weighted by Crippen LogP contribution is -2.05. The molecule has 0 bridgehead atoms. The van der Waals surface area contributed by atoms with Crippen LogP contribution >= 0.6 is 0 Å². The smallest absolute Gasteiger partial charge is 0.135 e. The molecule has 3 heteroatoms. The fourth-order valence-electron chi connectivity index (χ4n) is 0.430. The van der Waals surface area contributed by atoms with Gasteiger partial charge in [-0.1, -0.05) is 0 Å². The van der Waals surface area contributed by atoms with E-state index in [1.54, 1.807) is 7.11 Å². The molecule has 0 aliphatic carbocycles. The summed E-state index contributed by atoms with van der Waals surface area (Å²) in [6, 6.07) is 0. The first-order valence-corrected chi connectivity index (χ1v) is 3.19. The van der Waals surface area contributed by atoms with Crippen molar-refractivity contribution in [2.24, 2.45) is 0 Å². The van der Waals surface area contributed by atoms with Gasteiger partial charge in [-0.15, -0.1) is 0 Å². The second-order valence-corrected chi connectivity index (χ2v) is 1.89. The maximum atomic E-state index is 10.3. The van der Waals surface area contributed by atoms with Gasteiger partial charge in [-0.3, -0.25) is 4.79 Å². The zero-order chi connectivity index (χ0) is 7.82. The van der Waals surface area contributed by atoms with Gasteiger partial charge in [0.25, 0.3) is 0 Å². The number of Topliss-reactive ketones (excluding diaryl/α,β-unsaturated/α-hetero) is 1. The number of hydrogen-bond acceptors (Lipinski definition) is 3. The predicted molar refractivity (Wildman–Crippen MR) is 37.7 cm³/mol. The minimum absolute atomic E-state index is 0.0857. The zero-order valence-corrected chi connectivity index (χ0v) is 6.26. The molecule has 0 unspecified atom stereocenters. The van der Waals surface area contributed by atoms with E-state index < -0.39 is 0 Å². The number of ketones is 1. The second kappa shape index (κ2) is 6.71. The van der Waals surface area contributed by atoms with Crippen molar-refractivity contribution in [1.82, 2.24) is 0 Å². The lowest BCUT2D eigenvalue weighted by Gasteiger charge is -1.99. The Hall–Kier alpha value is -0.410. The Kier molecular flexibility index (Phi) is 6.43. The first-order valence-electron chi connectivity index (χ1n) is 3.19. The van der Waals surface area contributed by atoms with Crippen LogP contribution in [0.3, 0.4) is 0 Å². The number of rotatable bonds is 6. The summed E-state index contributed by atoms with van der Waals surface area (Å²) >= 11 is 0. The van der Waals surface area contributed by atoms with Gasteiger partial charge in [-0.2, -0.15) is 0 Å². The predicted octanol–water partition coefficient (Wildman–Crippen LogP) is 0.443.